The molecule has 0 bridgehead atoms. The average Bonchev–Trinajstić information content (AvgIpc) is 2.54. The van der Waals surface area contributed by atoms with E-state index in [0.717, 1.165) is 28.3 Å². The molecule has 0 aliphatic heterocycles. The third-order valence-corrected chi connectivity index (χ3v) is 2.83. The van der Waals surface area contributed by atoms with Crippen LogP contribution in [0, 0.1) is 0 Å². The summed E-state index contributed by atoms with van der Waals surface area (Å²) in [7, 11) is 0. The van der Waals surface area contributed by atoms with E-state index in [9.17, 15) is 0 Å². The maximum atomic E-state index is 8.77. The summed E-state index contributed by atoms with van der Waals surface area (Å²) < 4.78 is 3.18. The molecule has 2 aromatic heterocycles. The Morgan fingerprint density at radius 1 is 1.50 bits per heavy atom. The van der Waals surface area contributed by atoms with Crippen LogP contribution >= 0.6 is 15.9 Å². The normalized spacial score (nSPS) is 11.0. The maximum Gasteiger partial charge on any atom is 0.0678 e. The first-order valence-electron chi connectivity index (χ1n) is 4.52. The molecule has 0 aliphatic rings. The predicted molar refractivity (Wildman–Crippen MR) is 59.1 cm³/mol. The Morgan fingerprint density at radius 2 is 2.36 bits per heavy atom. The molecule has 0 saturated heterocycles. The standard InChI is InChI=1S/C10H11BrN2O/c11-9-7-13(4-1-5-14)10-6-12-3-2-8(9)10/h2-3,6-7,14H,1,4-5H2. The van der Waals surface area contributed by atoms with Crippen LogP contribution < -0.4 is 0 Å². The molecule has 4 heteroatoms. The van der Waals surface area contributed by atoms with E-state index in [4.69, 9.17) is 5.11 Å². The van der Waals surface area contributed by atoms with Crippen molar-refractivity contribution in [3.05, 3.63) is 29.1 Å². The maximum absolute atomic E-state index is 8.77. The van der Waals surface area contributed by atoms with Crippen molar-refractivity contribution in [3.63, 3.8) is 0 Å². The van der Waals surface area contributed by atoms with Gasteiger partial charge in [-0.05, 0) is 28.4 Å². The van der Waals surface area contributed by atoms with E-state index in [0.29, 0.717) is 0 Å². The topological polar surface area (TPSA) is 38.0 Å². The molecule has 0 amide bonds. The van der Waals surface area contributed by atoms with Gasteiger partial charge in [0.25, 0.3) is 0 Å². The molecule has 0 fully saturated rings. The predicted octanol–water partition coefficient (Wildman–Crippen LogP) is 2.18. The van der Waals surface area contributed by atoms with Crippen molar-refractivity contribution in [2.45, 2.75) is 13.0 Å². The third-order valence-electron chi connectivity index (χ3n) is 2.19. The first-order valence-corrected chi connectivity index (χ1v) is 5.31. The Balaban J connectivity index is 2.44. The first-order chi connectivity index (χ1) is 6.83. The van der Waals surface area contributed by atoms with E-state index in [1.54, 1.807) is 6.20 Å². The van der Waals surface area contributed by atoms with E-state index >= 15 is 0 Å². The number of fused-ring (bicyclic) bond motifs is 1. The second-order valence-corrected chi connectivity index (χ2v) is 3.99. The number of aromatic nitrogens is 2. The molecule has 2 aromatic rings. The van der Waals surface area contributed by atoms with Crippen molar-refractivity contribution in [3.8, 4) is 0 Å². The lowest BCUT2D eigenvalue weighted by atomic mass is 10.3. The molecule has 74 valence electrons. The smallest absolute Gasteiger partial charge is 0.0678 e. The van der Waals surface area contributed by atoms with Crippen LogP contribution in [0.4, 0.5) is 0 Å². The minimum atomic E-state index is 0.220. The summed E-state index contributed by atoms with van der Waals surface area (Å²) in [6.07, 6.45) is 6.42. The van der Waals surface area contributed by atoms with Gasteiger partial charge in [0, 0.05) is 35.4 Å². The molecule has 14 heavy (non-hydrogen) atoms. The van der Waals surface area contributed by atoms with E-state index in [-0.39, 0.29) is 6.61 Å². The second-order valence-electron chi connectivity index (χ2n) is 3.14. The SMILES string of the molecule is OCCCn1cc(Br)c2ccncc21. The number of aryl methyl sites for hydroxylation is 1. The lowest BCUT2D eigenvalue weighted by Crippen LogP contribution is -1.98. The van der Waals surface area contributed by atoms with Gasteiger partial charge in [-0.1, -0.05) is 0 Å². The van der Waals surface area contributed by atoms with Crippen molar-refractivity contribution in [2.24, 2.45) is 0 Å². The van der Waals surface area contributed by atoms with Crippen LogP contribution in [0.25, 0.3) is 10.9 Å². The Bertz CT molecular complexity index is 439. The first kappa shape index (κ1) is 9.68. The van der Waals surface area contributed by atoms with Gasteiger partial charge in [0.1, 0.15) is 0 Å². The summed E-state index contributed by atoms with van der Waals surface area (Å²) in [6, 6.07) is 1.98. The molecular formula is C10H11BrN2O. The highest BCUT2D eigenvalue weighted by molar-refractivity contribution is 9.10. The third kappa shape index (κ3) is 1.67. The Hall–Kier alpha value is -0.870. The van der Waals surface area contributed by atoms with Crippen LogP contribution in [0.15, 0.2) is 29.1 Å². The average molecular weight is 255 g/mol. The summed E-state index contributed by atoms with van der Waals surface area (Å²) in [5.74, 6) is 0. The van der Waals surface area contributed by atoms with Crippen LogP contribution in [-0.2, 0) is 6.54 Å². The van der Waals surface area contributed by atoms with Gasteiger partial charge in [0.2, 0.25) is 0 Å². The summed E-state index contributed by atoms with van der Waals surface area (Å²) in [5.41, 5.74) is 1.10. The number of nitrogens with zero attached hydrogens (tertiary/aromatic N) is 2. The molecule has 0 aliphatic carbocycles. The fourth-order valence-corrected chi connectivity index (χ4v) is 2.10. The van der Waals surface area contributed by atoms with Gasteiger partial charge < -0.3 is 9.67 Å². The van der Waals surface area contributed by atoms with Crippen molar-refractivity contribution < 1.29 is 5.11 Å². The van der Waals surface area contributed by atoms with E-state index in [1.165, 1.54) is 0 Å². The van der Waals surface area contributed by atoms with Crippen LogP contribution in [0.3, 0.4) is 0 Å². The van der Waals surface area contributed by atoms with Crippen molar-refractivity contribution >= 4 is 26.8 Å². The highest BCUT2D eigenvalue weighted by Gasteiger charge is 2.04. The van der Waals surface area contributed by atoms with E-state index in [2.05, 4.69) is 25.5 Å². The molecule has 0 radical (unpaired) electrons. The van der Waals surface area contributed by atoms with E-state index in [1.807, 2.05) is 18.5 Å². The molecule has 0 aromatic carbocycles. The molecule has 3 nitrogen and oxygen atoms in total. The monoisotopic (exact) mass is 254 g/mol. The highest BCUT2D eigenvalue weighted by atomic mass is 79.9. The van der Waals surface area contributed by atoms with Gasteiger partial charge in [-0.15, -0.1) is 0 Å². The molecule has 0 atom stereocenters. The zero-order chi connectivity index (χ0) is 9.97. The lowest BCUT2D eigenvalue weighted by Gasteiger charge is -2.01. The number of halogens is 1. The Labute approximate surface area is 90.5 Å². The lowest BCUT2D eigenvalue weighted by molar-refractivity contribution is 0.280. The Morgan fingerprint density at radius 3 is 3.14 bits per heavy atom. The fraction of sp³-hybridized carbons (Fsp3) is 0.300. The number of hydrogen-bond donors (Lipinski definition) is 1. The summed E-state index contributed by atoms with van der Waals surface area (Å²) in [6.45, 7) is 1.04. The van der Waals surface area contributed by atoms with Gasteiger partial charge in [-0.25, -0.2) is 0 Å². The minimum Gasteiger partial charge on any atom is -0.396 e. The van der Waals surface area contributed by atoms with Crippen LogP contribution in [0.2, 0.25) is 0 Å². The number of rotatable bonds is 3. The largest absolute Gasteiger partial charge is 0.396 e. The molecule has 2 heterocycles. The zero-order valence-electron chi connectivity index (χ0n) is 7.65. The molecule has 2 rings (SSSR count). The molecule has 1 N–H and O–H groups in total. The number of pyridine rings is 1. The fourth-order valence-electron chi connectivity index (χ4n) is 1.52. The molecular weight excluding hydrogens is 244 g/mol. The summed E-state index contributed by atoms with van der Waals surface area (Å²) in [4.78, 5) is 4.09. The molecule has 0 saturated carbocycles. The van der Waals surface area contributed by atoms with Crippen LogP contribution in [0.1, 0.15) is 6.42 Å². The zero-order valence-corrected chi connectivity index (χ0v) is 9.24. The van der Waals surface area contributed by atoms with Gasteiger partial charge >= 0.3 is 0 Å². The van der Waals surface area contributed by atoms with Gasteiger partial charge in [0.05, 0.1) is 11.7 Å². The van der Waals surface area contributed by atoms with Gasteiger partial charge in [-0.2, -0.15) is 0 Å². The number of hydrogen-bond acceptors (Lipinski definition) is 2. The van der Waals surface area contributed by atoms with Crippen LogP contribution in [0.5, 0.6) is 0 Å². The highest BCUT2D eigenvalue weighted by Crippen LogP contribution is 2.25. The van der Waals surface area contributed by atoms with Crippen LogP contribution in [-0.4, -0.2) is 21.3 Å². The number of aliphatic hydroxyl groups is 1. The number of aliphatic hydroxyl groups excluding tert-OH is 1. The van der Waals surface area contributed by atoms with Crippen molar-refractivity contribution in [1.82, 2.24) is 9.55 Å². The summed E-state index contributed by atoms with van der Waals surface area (Å²) in [5, 5.41) is 9.93. The molecule has 0 spiro atoms. The van der Waals surface area contributed by atoms with Gasteiger partial charge in [-0.3, -0.25) is 4.98 Å². The van der Waals surface area contributed by atoms with Gasteiger partial charge in [0.15, 0.2) is 0 Å². The van der Waals surface area contributed by atoms with E-state index < -0.39 is 0 Å². The van der Waals surface area contributed by atoms with Crippen molar-refractivity contribution in [2.75, 3.05) is 6.61 Å². The molecule has 0 unspecified atom stereocenters. The second kappa shape index (κ2) is 4.11. The summed E-state index contributed by atoms with van der Waals surface area (Å²) >= 11 is 3.50. The quantitative estimate of drug-likeness (QED) is 0.912. The Kier molecular flexibility index (Phi) is 2.84. The van der Waals surface area contributed by atoms with Crippen molar-refractivity contribution in [1.29, 1.82) is 0 Å². The minimum absolute atomic E-state index is 0.220.